The van der Waals surface area contributed by atoms with Crippen LogP contribution < -0.4 is 15.8 Å². The Bertz CT molecular complexity index is 413. The number of thioether (sulfide) groups is 1. The second-order valence-electron chi connectivity index (χ2n) is 3.86. The molecule has 0 aromatic heterocycles. The van der Waals surface area contributed by atoms with Crippen molar-refractivity contribution in [1.29, 1.82) is 0 Å². The Morgan fingerprint density at radius 1 is 1.37 bits per heavy atom. The molecule has 1 aromatic rings. The number of anilines is 2. The molecule has 0 saturated carbocycles. The molecule has 0 heterocycles. The van der Waals surface area contributed by atoms with Crippen molar-refractivity contribution in [1.82, 2.24) is 0 Å². The fraction of sp³-hybridized carbons (Fsp3) is 0.462. The van der Waals surface area contributed by atoms with Crippen LogP contribution in [0, 0.1) is 0 Å². The summed E-state index contributed by atoms with van der Waals surface area (Å²) in [5.41, 5.74) is 6.88. The monoisotopic (exact) mass is 284 g/mol. The summed E-state index contributed by atoms with van der Waals surface area (Å²) in [5.74, 6) is 2.22. The van der Waals surface area contributed by atoms with Gasteiger partial charge in [0.05, 0.1) is 19.4 Å². The summed E-state index contributed by atoms with van der Waals surface area (Å²) >= 11 is 1.69. The number of ether oxygens (including phenoxy) is 2. The van der Waals surface area contributed by atoms with Gasteiger partial charge in [-0.1, -0.05) is 0 Å². The van der Waals surface area contributed by atoms with Crippen LogP contribution in [0.5, 0.6) is 5.75 Å². The van der Waals surface area contributed by atoms with Crippen LogP contribution in [-0.4, -0.2) is 38.2 Å². The third-order valence-corrected chi connectivity index (χ3v) is 3.35. The van der Waals surface area contributed by atoms with Crippen molar-refractivity contribution in [3.05, 3.63) is 18.2 Å². The van der Waals surface area contributed by atoms with E-state index in [4.69, 9.17) is 15.2 Å². The topological polar surface area (TPSA) is 73.6 Å². The average molecular weight is 284 g/mol. The summed E-state index contributed by atoms with van der Waals surface area (Å²) in [5, 5.41) is 2.80. The highest BCUT2D eigenvalue weighted by atomic mass is 32.2. The Balaban J connectivity index is 2.41. The van der Waals surface area contributed by atoms with Gasteiger partial charge in [0.15, 0.2) is 0 Å². The molecule has 1 aromatic carbocycles. The van der Waals surface area contributed by atoms with Crippen LogP contribution in [0.4, 0.5) is 11.4 Å². The highest BCUT2D eigenvalue weighted by Crippen LogP contribution is 2.26. The first-order chi connectivity index (χ1) is 9.17. The number of amides is 1. The third-order valence-electron chi connectivity index (χ3n) is 2.40. The summed E-state index contributed by atoms with van der Waals surface area (Å²) in [6, 6.07) is 5.15. The van der Waals surface area contributed by atoms with E-state index < -0.39 is 0 Å². The largest absolute Gasteiger partial charge is 0.495 e. The number of hydrogen-bond acceptors (Lipinski definition) is 5. The van der Waals surface area contributed by atoms with Crippen LogP contribution in [0.15, 0.2) is 18.2 Å². The number of rotatable bonds is 8. The molecule has 0 bridgehead atoms. The molecule has 6 heteroatoms. The zero-order valence-corrected chi connectivity index (χ0v) is 12.1. The minimum atomic E-state index is -0.0474. The van der Waals surface area contributed by atoms with Gasteiger partial charge < -0.3 is 20.5 Å². The van der Waals surface area contributed by atoms with Crippen molar-refractivity contribution < 1.29 is 14.3 Å². The molecule has 0 aliphatic carbocycles. The number of carbonyl (C=O) groups is 1. The molecule has 1 amide bonds. The molecule has 0 saturated heterocycles. The number of methoxy groups -OCH3 is 2. The number of hydrogen-bond donors (Lipinski definition) is 2. The molecule has 19 heavy (non-hydrogen) atoms. The molecule has 0 fully saturated rings. The first-order valence-electron chi connectivity index (χ1n) is 5.97. The van der Waals surface area contributed by atoms with E-state index in [-0.39, 0.29) is 5.91 Å². The lowest BCUT2D eigenvalue weighted by molar-refractivity contribution is -0.115. The fourth-order valence-corrected chi connectivity index (χ4v) is 2.26. The normalized spacial score (nSPS) is 10.2. The van der Waals surface area contributed by atoms with Crippen molar-refractivity contribution >= 4 is 29.0 Å². The Hall–Kier alpha value is -1.40. The average Bonchev–Trinajstić information content (AvgIpc) is 2.39. The first kappa shape index (κ1) is 15.7. The molecule has 0 unspecified atom stereocenters. The maximum absolute atomic E-state index is 11.8. The molecule has 0 aliphatic rings. The number of benzene rings is 1. The van der Waals surface area contributed by atoms with Gasteiger partial charge >= 0.3 is 0 Å². The van der Waals surface area contributed by atoms with E-state index in [0.717, 1.165) is 11.5 Å². The number of nitrogens with two attached hydrogens (primary N) is 1. The molecule has 0 radical (unpaired) electrons. The highest BCUT2D eigenvalue weighted by Gasteiger charge is 2.07. The van der Waals surface area contributed by atoms with Crippen LogP contribution in [0.3, 0.4) is 0 Å². The highest BCUT2D eigenvalue weighted by molar-refractivity contribution is 7.99. The molecule has 0 spiro atoms. The second kappa shape index (κ2) is 8.66. The molecule has 106 valence electrons. The summed E-state index contributed by atoms with van der Waals surface area (Å²) in [4.78, 5) is 11.8. The van der Waals surface area contributed by atoms with Gasteiger partial charge in [0.1, 0.15) is 5.75 Å². The van der Waals surface area contributed by atoms with Gasteiger partial charge in [-0.3, -0.25) is 4.79 Å². The van der Waals surface area contributed by atoms with E-state index in [2.05, 4.69) is 5.32 Å². The fourth-order valence-electron chi connectivity index (χ4n) is 1.45. The van der Waals surface area contributed by atoms with Crippen molar-refractivity contribution in [3.63, 3.8) is 0 Å². The van der Waals surface area contributed by atoms with Crippen LogP contribution in [0.2, 0.25) is 0 Å². The van der Waals surface area contributed by atoms with E-state index in [1.807, 2.05) is 0 Å². The van der Waals surface area contributed by atoms with Crippen molar-refractivity contribution in [3.8, 4) is 5.75 Å². The second-order valence-corrected chi connectivity index (χ2v) is 5.09. The quantitative estimate of drug-likeness (QED) is 0.564. The van der Waals surface area contributed by atoms with Crippen molar-refractivity contribution in [2.24, 2.45) is 0 Å². The molecule has 3 N–H and O–H groups in total. The van der Waals surface area contributed by atoms with Crippen molar-refractivity contribution in [2.45, 2.75) is 6.42 Å². The maximum atomic E-state index is 11.8. The predicted molar refractivity (Wildman–Crippen MR) is 79.9 cm³/mol. The Labute approximate surface area is 117 Å². The Kier molecular flexibility index (Phi) is 7.14. The lowest BCUT2D eigenvalue weighted by Gasteiger charge is -2.10. The zero-order valence-electron chi connectivity index (χ0n) is 11.3. The third kappa shape index (κ3) is 5.85. The maximum Gasteiger partial charge on any atom is 0.225 e. The predicted octanol–water partition coefficient (Wildman–Crippen LogP) is 1.99. The summed E-state index contributed by atoms with van der Waals surface area (Å²) < 4.78 is 10.1. The zero-order chi connectivity index (χ0) is 14.1. The molecular weight excluding hydrogens is 264 g/mol. The van der Waals surface area contributed by atoms with Crippen molar-refractivity contribution in [2.75, 3.05) is 43.4 Å². The van der Waals surface area contributed by atoms with Gasteiger partial charge in [-0.15, -0.1) is 0 Å². The van der Waals surface area contributed by atoms with Gasteiger partial charge in [-0.05, 0) is 18.2 Å². The van der Waals surface area contributed by atoms with Gasteiger partial charge in [-0.25, -0.2) is 0 Å². The minimum absolute atomic E-state index is 0.0474. The van der Waals surface area contributed by atoms with Crippen LogP contribution in [-0.2, 0) is 9.53 Å². The lowest BCUT2D eigenvalue weighted by atomic mass is 10.2. The van der Waals surface area contributed by atoms with Crippen LogP contribution >= 0.6 is 11.8 Å². The first-order valence-corrected chi connectivity index (χ1v) is 7.13. The van der Waals surface area contributed by atoms with E-state index in [0.29, 0.717) is 30.2 Å². The molecular formula is C13H20N2O3S. The van der Waals surface area contributed by atoms with Gasteiger partial charge in [-0.2, -0.15) is 11.8 Å². The van der Waals surface area contributed by atoms with E-state index in [1.165, 1.54) is 0 Å². The van der Waals surface area contributed by atoms with Crippen LogP contribution in [0.25, 0.3) is 0 Å². The van der Waals surface area contributed by atoms with E-state index in [9.17, 15) is 4.79 Å². The summed E-state index contributed by atoms with van der Waals surface area (Å²) in [6.07, 6.45) is 0.451. The minimum Gasteiger partial charge on any atom is -0.495 e. The van der Waals surface area contributed by atoms with Gasteiger partial charge in [0, 0.05) is 30.7 Å². The number of carbonyl (C=O) groups excluding carboxylic acids is 1. The van der Waals surface area contributed by atoms with E-state index >= 15 is 0 Å². The van der Waals surface area contributed by atoms with Gasteiger partial charge in [0.25, 0.3) is 0 Å². The summed E-state index contributed by atoms with van der Waals surface area (Å²) in [7, 11) is 3.22. The number of nitrogen functional groups attached to an aromatic ring is 1. The summed E-state index contributed by atoms with van der Waals surface area (Å²) in [6.45, 7) is 0.704. The lowest BCUT2D eigenvalue weighted by Crippen LogP contribution is -2.13. The molecule has 1 rings (SSSR count). The molecule has 5 nitrogen and oxygen atoms in total. The SMILES string of the molecule is COCCSCCC(=O)Nc1cc(N)ccc1OC. The molecule has 0 atom stereocenters. The van der Waals surface area contributed by atoms with E-state index in [1.54, 1.807) is 44.2 Å². The van der Waals surface area contributed by atoms with Gasteiger partial charge in [0.2, 0.25) is 5.91 Å². The molecule has 0 aliphatic heterocycles. The van der Waals surface area contributed by atoms with Crippen LogP contribution in [0.1, 0.15) is 6.42 Å². The number of nitrogens with one attached hydrogen (secondary N) is 1. The standard InChI is InChI=1S/C13H20N2O3S/c1-17-6-8-19-7-5-13(16)15-11-9-10(14)3-4-12(11)18-2/h3-4,9H,5-8,14H2,1-2H3,(H,15,16). The smallest absolute Gasteiger partial charge is 0.225 e. The Morgan fingerprint density at radius 3 is 2.84 bits per heavy atom. The Morgan fingerprint density at radius 2 is 2.16 bits per heavy atom.